The van der Waals surface area contributed by atoms with Crippen molar-refractivity contribution in [2.24, 2.45) is 22.7 Å². The van der Waals surface area contributed by atoms with Crippen LogP contribution in [0.4, 0.5) is 0 Å². The molecule has 0 saturated carbocycles. The molecule has 34 heavy (non-hydrogen) atoms. The van der Waals surface area contributed by atoms with Gasteiger partial charge in [-0.1, -0.05) is 84.9 Å². The lowest BCUT2D eigenvalue weighted by Gasteiger charge is -2.29. The standard InChI is InChI=1S/C29H50N4O/c1-11-20-33(29(34)28(31-10)22(4)5)21-27(30-9)32-19-18-26(13-3)17-16-25(8)24(7)15-14-23(6)12-2/h13-19,22-24,28,31H,8,11-12,20-21H2,1-7,9-10H3,(H,30,32)/b15-14-,17-16-,19-18+,26-13+. The topological polar surface area (TPSA) is 56.7 Å². The van der Waals surface area contributed by atoms with Crippen LogP contribution in [0.5, 0.6) is 0 Å². The lowest BCUT2D eigenvalue weighted by atomic mass is 9.98. The highest BCUT2D eigenvalue weighted by atomic mass is 16.2. The number of nitrogens with zero attached hydrogens (tertiary/aromatic N) is 2. The summed E-state index contributed by atoms with van der Waals surface area (Å²) in [5.41, 5.74) is 2.15. The SMILES string of the molecule is C=C(\C=C/C(/C=C/NC(CN(CCC)C(=O)C(NC)C(C)C)=NC)=C\C)C(C)/C=C\C(C)CC. The second-order valence-electron chi connectivity index (χ2n) is 9.17. The zero-order valence-corrected chi connectivity index (χ0v) is 23.2. The minimum Gasteiger partial charge on any atom is -0.349 e. The summed E-state index contributed by atoms with van der Waals surface area (Å²) in [6, 6.07) is -0.199. The highest BCUT2D eigenvalue weighted by Gasteiger charge is 2.25. The molecule has 0 radical (unpaired) electrons. The van der Waals surface area contributed by atoms with Crippen LogP contribution in [0, 0.1) is 17.8 Å². The number of hydrogen-bond acceptors (Lipinski definition) is 3. The van der Waals surface area contributed by atoms with Crippen molar-refractivity contribution >= 4 is 11.7 Å². The molecule has 0 aromatic heterocycles. The summed E-state index contributed by atoms with van der Waals surface area (Å²) in [5.74, 6) is 1.98. The van der Waals surface area contributed by atoms with Crippen LogP contribution in [0.2, 0.25) is 0 Å². The predicted molar refractivity (Wildman–Crippen MR) is 150 cm³/mol. The second kappa shape index (κ2) is 18.0. The molecule has 192 valence electrons. The predicted octanol–water partition coefficient (Wildman–Crippen LogP) is 5.90. The van der Waals surface area contributed by atoms with Gasteiger partial charge < -0.3 is 15.5 Å². The van der Waals surface area contributed by atoms with Gasteiger partial charge in [-0.3, -0.25) is 9.79 Å². The fourth-order valence-corrected chi connectivity index (χ4v) is 3.29. The number of hydrogen-bond donors (Lipinski definition) is 2. The van der Waals surface area contributed by atoms with Gasteiger partial charge >= 0.3 is 0 Å². The van der Waals surface area contributed by atoms with E-state index in [0.717, 1.165) is 29.8 Å². The van der Waals surface area contributed by atoms with Gasteiger partial charge in [0.25, 0.3) is 0 Å². The molecule has 0 fully saturated rings. The highest BCUT2D eigenvalue weighted by molar-refractivity contribution is 5.90. The molecule has 0 aliphatic carbocycles. The third kappa shape index (κ3) is 12.2. The summed E-state index contributed by atoms with van der Waals surface area (Å²) in [4.78, 5) is 19.3. The van der Waals surface area contributed by atoms with Crippen LogP contribution in [0.1, 0.15) is 61.3 Å². The molecule has 2 N–H and O–H groups in total. The van der Waals surface area contributed by atoms with Gasteiger partial charge in [0.05, 0.1) is 12.6 Å². The summed E-state index contributed by atoms with van der Waals surface area (Å²) in [6.45, 7) is 20.2. The number of amidine groups is 1. The Morgan fingerprint density at radius 1 is 1.09 bits per heavy atom. The fraction of sp³-hybridized carbons (Fsp3) is 0.586. The first-order chi connectivity index (χ1) is 16.1. The smallest absolute Gasteiger partial charge is 0.240 e. The van der Waals surface area contributed by atoms with Crippen LogP contribution in [0.25, 0.3) is 0 Å². The van der Waals surface area contributed by atoms with Crippen molar-refractivity contribution in [3.8, 4) is 0 Å². The summed E-state index contributed by atoms with van der Waals surface area (Å²) in [6.07, 6.45) is 16.6. The molecule has 0 heterocycles. The molecule has 0 rings (SSSR count). The third-order valence-corrected chi connectivity index (χ3v) is 5.97. The molecule has 0 aliphatic heterocycles. The summed E-state index contributed by atoms with van der Waals surface area (Å²) in [5, 5.41) is 6.41. The molecule has 3 atom stereocenters. The van der Waals surface area contributed by atoms with E-state index in [1.165, 1.54) is 0 Å². The van der Waals surface area contributed by atoms with Crippen molar-refractivity contribution in [1.82, 2.24) is 15.5 Å². The fourth-order valence-electron chi connectivity index (χ4n) is 3.29. The molecule has 0 spiro atoms. The maximum Gasteiger partial charge on any atom is 0.240 e. The Bertz CT molecular complexity index is 758. The number of carbonyl (C=O) groups is 1. The first-order valence-corrected chi connectivity index (χ1v) is 12.7. The zero-order chi connectivity index (χ0) is 26.1. The van der Waals surface area contributed by atoms with Crippen molar-refractivity contribution < 1.29 is 4.79 Å². The van der Waals surface area contributed by atoms with E-state index in [-0.39, 0.29) is 17.9 Å². The van der Waals surface area contributed by atoms with Gasteiger partial charge in [0.1, 0.15) is 5.84 Å². The molecule has 5 heteroatoms. The molecular formula is C29H50N4O. The number of allylic oxidation sites excluding steroid dienone is 8. The first kappa shape index (κ1) is 31.6. The Morgan fingerprint density at radius 2 is 1.76 bits per heavy atom. The Labute approximate surface area is 209 Å². The van der Waals surface area contributed by atoms with E-state index in [9.17, 15) is 4.79 Å². The van der Waals surface area contributed by atoms with E-state index in [1.807, 2.05) is 31.1 Å². The molecule has 3 unspecified atom stereocenters. The van der Waals surface area contributed by atoms with Gasteiger partial charge in [-0.25, -0.2) is 0 Å². The number of amides is 1. The molecule has 0 bridgehead atoms. The van der Waals surface area contributed by atoms with E-state index >= 15 is 0 Å². The maximum atomic E-state index is 13.0. The summed E-state index contributed by atoms with van der Waals surface area (Å²) in [7, 11) is 3.59. The molecular weight excluding hydrogens is 420 g/mol. The van der Waals surface area contributed by atoms with Crippen LogP contribution in [0.15, 0.2) is 65.4 Å². The van der Waals surface area contributed by atoms with Gasteiger partial charge in [0.2, 0.25) is 5.91 Å². The Morgan fingerprint density at radius 3 is 2.26 bits per heavy atom. The molecule has 0 aromatic carbocycles. The molecule has 1 amide bonds. The molecule has 5 nitrogen and oxygen atoms in total. The van der Waals surface area contributed by atoms with Crippen molar-refractivity contribution in [2.75, 3.05) is 27.2 Å². The lowest BCUT2D eigenvalue weighted by Crippen LogP contribution is -2.50. The van der Waals surface area contributed by atoms with Gasteiger partial charge in [-0.15, -0.1) is 0 Å². The van der Waals surface area contributed by atoms with E-state index in [4.69, 9.17) is 0 Å². The monoisotopic (exact) mass is 470 g/mol. The number of nitrogens with one attached hydrogen (secondary N) is 2. The number of carbonyl (C=O) groups excluding carboxylic acids is 1. The van der Waals surface area contributed by atoms with E-state index < -0.39 is 0 Å². The van der Waals surface area contributed by atoms with Gasteiger partial charge in [0, 0.05) is 19.8 Å². The zero-order valence-electron chi connectivity index (χ0n) is 23.2. The average Bonchev–Trinajstić information content (AvgIpc) is 2.82. The first-order valence-electron chi connectivity index (χ1n) is 12.7. The summed E-state index contributed by atoms with van der Waals surface area (Å²) >= 11 is 0. The van der Waals surface area contributed by atoms with E-state index in [2.05, 4.69) is 94.1 Å². The minimum atomic E-state index is -0.199. The van der Waals surface area contributed by atoms with Gasteiger partial charge in [-0.2, -0.15) is 0 Å². The van der Waals surface area contributed by atoms with E-state index in [0.29, 0.717) is 24.9 Å². The van der Waals surface area contributed by atoms with Crippen molar-refractivity contribution in [1.29, 1.82) is 0 Å². The number of aliphatic imine (C=N–C) groups is 1. The number of likely N-dealkylation sites (N-methyl/N-ethyl adjacent to an activating group) is 1. The summed E-state index contributed by atoms with van der Waals surface area (Å²) < 4.78 is 0. The molecule has 0 saturated heterocycles. The van der Waals surface area contributed by atoms with Crippen LogP contribution < -0.4 is 10.6 Å². The van der Waals surface area contributed by atoms with Crippen LogP contribution in [-0.2, 0) is 4.79 Å². The molecule has 0 aliphatic rings. The van der Waals surface area contributed by atoms with Crippen LogP contribution in [0.3, 0.4) is 0 Å². The highest BCUT2D eigenvalue weighted by Crippen LogP contribution is 2.15. The van der Waals surface area contributed by atoms with Crippen LogP contribution in [-0.4, -0.2) is 49.9 Å². The van der Waals surface area contributed by atoms with Crippen molar-refractivity contribution in [2.45, 2.75) is 67.3 Å². The van der Waals surface area contributed by atoms with Crippen LogP contribution >= 0.6 is 0 Å². The second-order valence-corrected chi connectivity index (χ2v) is 9.17. The quantitative estimate of drug-likeness (QED) is 0.136. The van der Waals surface area contributed by atoms with Crippen molar-refractivity contribution in [3.05, 3.63) is 60.4 Å². The lowest BCUT2D eigenvalue weighted by molar-refractivity contribution is -0.133. The Balaban J connectivity index is 5.12. The van der Waals surface area contributed by atoms with Gasteiger partial charge in [-0.05, 0) is 55.4 Å². The number of rotatable bonds is 15. The normalized spacial score (nSPS) is 15.9. The minimum absolute atomic E-state index is 0.110. The van der Waals surface area contributed by atoms with Crippen molar-refractivity contribution in [3.63, 3.8) is 0 Å². The maximum absolute atomic E-state index is 13.0. The largest absolute Gasteiger partial charge is 0.349 e. The molecule has 0 aromatic rings. The average molecular weight is 471 g/mol. The van der Waals surface area contributed by atoms with E-state index in [1.54, 1.807) is 7.05 Å². The Hall–Kier alpha value is -2.40. The third-order valence-electron chi connectivity index (χ3n) is 5.97. The van der Waals surface area contributed by atoms with Gasteiger partial charge in [0.15, 0.2) is 0 Å². The Kier molecular flexibility index (Phi) is 16.7.